The highest BCUT2D eigenvalue weighted by atomic mass is 19.3. The zero-order valence-electron chi connectivity index (χ0n) is 9.25. The van der Waals surface area contributed by atoms with Gasteiger partial charge in [0.25, 0.3) is 0 Å². The second kappa shape index (κ2) is 4.95. The zero-order chi connectivity index (χ0) is 13.1. The number of halogens is 2. The van der Waals surface area contributed by atoms with Crippen molar-refractivity contribution in [2.75, 3.05) is 0 Å². The number of carboxylic acid groups (broad SMARTS) is 1. The lowest BCUT2D eigenvalue weighted by Crippen LogP contribution is -2.01. The highest BCUT2D eigenvalue weighted by molar-refractivity contribution is 5.76. The first-order valence-corrected chi connectivity index (χ1v) is 5.20. The van der Waals surface area contributed by atoms with Crippen LogP contribution in [0.15, 0.2) is 36.7 Å². The molecule has 0 aliphatic heterocycles. The summed E-state index contributed by atoms with van der Waals surface area (Å²) in [6.07, 6.45) is 2.34. The van der Waals surface area contributed by atoms with Gasteiger partial charge >= 0.3 is 12.5 Å². The van der Waals surface area contributed by atoms with Crippen molar-refractivity contribution in [2.24, 2.45) is 0 Å². The number of carbonyl (C=O) groups is 1. The summed E-state index contributed by atoms with van der Waals surface area (Å²) in [7, 11) is 0. The van der Waals surface area contributed by atoms with Crippen LogP contribution in [-0.2, 0) is 11.2 Å². The maximum atomic E-state index is 12.4. The molecule has 0 amide bonds. The van der Waals surface area contributed by atoms with E-state index in [0.717, 1.165) is 0 Å². The number of rotatable bonds is 4. The van der Waals surface area contributed by atoms with Crippen LogP contribution in [-0.4, -0.2) is 20.9 Å². The van der Waals surface area contributed by atoms with Crippen LogP contribution in [0.1, 0.15) is 12.1 Å². The van der Waals surface area contributed by atoms with Gasteiger partial charge in [-0.25, -0.2) is 4.68 Å². The summed E-state index contributed by atoms with van der Waals surface area (Å²) in [5, 5.41) is 12.3. The van der Waals surface area contributed by atoms with Gasteiger partial charge in [0.1, 0.15) is 0 Å². The molecule has 0 atom stereocenters. The predicted molar refractivity (Wildman–Crippen MR) is 60.3 cm³/mol. The summed E-state index contributed by atoms with van der Waals surface area (Å²) in [5.74, 6) is -0.969. The zero-order valence-corrected chi connectivity index (χ0v) is 9.25. The smallest absolute Gasteiger partial charge is 0.333 e. The third kappa shape index (κ3) is 2.53. The quantitative estimate of drug-likeness (QED) is 0.909. The van der Waals surface area contributed by atoms with E-state index in [9.17, 15) is 13.6 Å². The Hall–Kier alpha value is -2.24. The lowest BCUT2D eigenvalue weighted by molar-refractivity contribution is -0.136. The minimum atomic E-state index is -2.70. The molecular weight excluding hydrogens is 242 g/mol. The molecule has 1 aromatic carbocycles. The van der Waals surface area contributed by atoms with E-state index in [4.69, 9.17) is 5.11 Å². The number of hydrogen-bond acceptors (Lipinski definition) is 2. The van der Waals surface area contributed by atoms with Gasteiger partial charge < -0.3 is 5.11 Å². The summed E-state index contributed by atoms with van der Waals surface area (Å²) in [6.45, 7) is -2.70. The molecular formula is C12H10F2N2O2. The van der Waals surface area contributed by atoms with E-state index in [1.54, 1.807) is 24.3 Å². The molecule has 0 spiro atoms. The second-order valence-corrected chi connectivity index (χ2v) is 3.71. The summed E-state index contributed by atoms with van der Waals surface area (Å²) in [6, 6.07) is 6.77. The van der Waals surface area contributed by atoms with Gasteiger partial charge in [0.05, 0.1) is 12.6 Å². The third-order valence-corrected chi connectivity index (χ3v) is 2.47. The molecule has 94 valence electrons. The molecule has 0 saturated carbocycles. The largest absolute Gasteiger partial charge is 0.481 e. The van der Waals surface area contributed by atoms with Crippen molar-refractivity contribution < 1.29 is 18.7 Å². The molecule has 4 nitrogen and oxygen atoms in total. The Morgan fingerprint density at radius 1 is 1.39 bits per heavy atom. The van der Waals surface area contributed by atoms with Crippen LogP contribution in [0, 0.1) is 0 Å². The fourth-order valence-corrected chi connectivity index (χ4v) is 1.70. The molecule has 1 heterocycles. The minimum Gasteiger partial charge on any atom is -0.481 e. The van der Waals surface area contributed by atoms with Crippen LogP contribution in [0.5, 0.6) is 0 Å². The van der Waals surface area contributed by atoms with Crippen molar-refractivity contribution in [2.45, 2.75) is 13.0 Å². The molecule has 0 aliphatic rings. The molecule has 1 aromatic heterocycles. The SMILES string of the molecule is O=C(O)Cc1ccccc1-c1cnn(C(F)F)c1. The van der Waals surface area contributed by atoms with E-state index >= 15 is 0 Å². The molecule has 2 rings (SSSR count). The van der Waals surface area contributed by atoms with Crippen molar-refractivity contribution in [3.05, 3.63) is 42.2 Å². The fourth-order valence-electron chi connectivity index (χ4n) is 1.70. The average Bonchev–Trinajstić information content (AvgIpc) is 2.78. The van der Waals surface area contributed by atoms with Crippen molar-refractivity contribution in [1.82, 2.24) is 9.78 Å². The van der Waals surface area contributed by atoms with E-state index in [-0.39, 0.29) is 6.42 Å². The number of benzene rings is 1. The Kier molecular flexibility index (Phi) is 3.36. The Labute approximate surface area is 101 Å². The van der Waals surface area contributed by atoms with Crippen molar-refractivity contribution >= 4 is 5.97 Å². The van der Waals surface area contributed by atoms with Crippen LogP contribution < -0.4 is 0 Å². The number of hydrogen-bond donors (Lipinski definition) is 1. The molecule has 6 heteroatoms. The number of alkyl halides is 2. The summed E-state index contributed by atoms with van der Waals surface area (Å²) >= 11 is 0. The molecule has 0 radical (unpaired) electrons. The first-order valence-electron chi connectivity index (χ1n) is 5.20. The Morgan fingerprint density at radius 3 is 2.72 bits per heavy atom. The van der Waals surface area contributed by atoms with Crippen LogP contribution in [0.3, 0.4) is 0 Å². The fraction of sp³-hybridized carbons (Fsp3) is 0.167. The van der Waals surface area contributed by atoms with Crippen molar-refractivity contribution in [1.29, 1.82) is 0 Å². The lowest BCUT2D eigenvalue weighted by Gasteiger charge is -2.04. The first-order chi connectivity index (χ1) is 8.58. The Bertz CT molecular complexity index is 567. The molecule has 0 bridgehead atoms. The maximum absolute atomic E-state index is 12.4. The van der Waals surface area contributed by atoms with E-state index in [2.05, 4.69) is 5.10 Å². The topological polar surface area (TPSA) is 55.1 Å². The van der Waals surface area contributed by atoms with E-state index in [0.29, 0.717) is 21.4 Å². The molecule has 1 N–H and O–H groups in total. The van der Waals surface area contributed by atoms with Crippen molar-refractivity contribution in [3.8, 4) is 11.1 Å². The highest BCUT2D eigenvalue weighted by Gasteiger charge is 2.12. The molecule has 18 heavy (non-hydrogen) atoms. The standard InChI is InChI=1S/C12H10F2N2O2/c13-12(14)16-7-9(6-15-16)10-4-2-1-3-8(10)5-11(17)18/h1-4,6-7,12H,5H2,(H,17,18). The Balaban J connectivity index is 2.39. The molecule has 0 unspecified atom stereocenters. The van der Waals surface area contributed by atoms with Gasteiger partial charge in [0.15, 0.2) is 0 Å². The highest BCUT2D eigenvalue weighted by Crippen LogP contribution is 2.25. The van der Waals surface area contributed by atoms with Gasteiger partial charge in [-0.3, -0.25) is 4.79 Å². The number of carboxylic acids is 1. The number of aliphatic carboxylic acids is 1. The van der Waals surface area contributed by atoms with E-state index in [1.807, 2.05) is 0 Å². The van der Waals surface area contributed by atoms with E-state index < -0.39 is 12.5 Å². The van der Waals surface area contributed by atoms with E-state index in [1.165, 1.54) is 12.4 Å². The monoisotopic (exact) mass is 252 g/mol. The summed E-state index contributed by atoms with van der Waals surface area (Å²) in [4.78, 5) is 10.7. The van der Waals surface area contributed by atoms with Gasteiger partial charge in [-0.1, -0.05) is 24.3 Å². The van der Waals surface area contributed by atoms with Gasteiger partial charge in [-0.15, -0.1) is 0 Å². The van der Waals surface area contributed by atoms with Crippen LogP contribution in [0.2, 0.25) is 0 Å². The number of nitrogens with zero attached hydrogens (tertiary/aromatic N) is 2. The average molecular weight is 252 g/mol. The van der Waals surface area contributed by atoms with Gasteiger partial charge in [-0.2, -0.15) is 13.9 Å². The second-order valence-electron chi connectivity index (χ2n) is 3.71. The van der Waals surface area contributed by atoms with Crippen molar-refractivity contribution in [3.63, 3.8) is 0 Å². The molecule has 0 aliphatic carbocycles. The summed E-state index contributed by atoms with van der Waals surface area (Å²) < 4.78 is 25.4. The first kappa shape index (κ1) is 12.2. The van der Waals surface area contributed by atoms with Gasteiger partial charge in [0, 0.05) is 11.8 Å². The van der Waals surface area contributed by atoms with Crippen LogP contribution >= 0.6 is 0 Å². The molecule has 0 saturated heterocycles. The third-order valence-electron chi connectivity index (χ3n) is 2.47. The van der Waals surface area contributed by atoms with Gasteiger partial charge in [0.2, 0.25) is 0 Å². The van der Waals surface area contributed by atoms with Crippen LogP contribution in [0.4, 0.5) is 8.78 Å². The molecule has 2 aromatic rings. The lowest BCUT2D eigenvalue weighted by atomic mass is 10.0. The minimum absolute atomic E-state index is 0.157. The van der Waals surface area contributed by atoms with Crippen LogP contribution in [0.25, 0.3) is 11.1 Å². The summed E-state index contributed by atoms with van der Waals surface area (Å²) in [5.41, 5.74) is 1.65. The maximum Gasteiger partial charge on any atom is 0.333 e. The normalized spacial score (nSPS) is 10.8. The van der Waals surface area contributed by atoms with Gasteiger partial charge in [-0.05, 0) is 11.1 Å². The number of aromatic nitrogens is 2. The molecule has 0 fully saturated rings. The Morgan fingerprint density at radius 2 is 2.11 bits per heavy atom. The predicted octanol–water partition coefficient (Wildman–Crippen LogP) is 2.57.